The maximum Gasteiger partial charge on any atom is 0.264 e. The van der Waals surface area contributed by atoms with E-state index in [0.29, 0.717) is 0 Å². The van der Waals surface area contributed by atoms with Gasteiger partial charge in [-0.25, -0.2) is 12.8 Å². The van der Waals surface area contributed by atoms with Crippen LogP contribution >= 0.6 is 0 Å². The topological polar surface area (TPSA) is 97.1 Å². The zero-order valence-corrected chi connectivity index (χ0v) is 10.5. The Balaban J connectivity index is 2.41. The second-order valence-corrected chi connectivity index (χ2v) is 5.25. The molecule has 1 aromatic carbocycles. The van der Waals surface area contributed by atoms with Gasteiger partial charge in [-0.3, -0.25) is 15.5 Å². The number of pyridine rings is 1. The Labute approximate surface area is 109 Å². The minimum Gasteiger partial charge on any atom is -0.323 e. The summed E-state index contributed by atoms with van der Waals surface area (Å²) in [6, 6.07) is 7.25. The van der Waals surface area contributed by atoms with Gasteiger partial charge in [-0.2, -0.15) is 0 Å². The van der Waals surface area contributed by atoms with E-state index in [2.05, 4.69) is 15.1 Å². The standard InChI is InChI=1S/C11H11FN4O2S/c12-8-7-14-6-5-9(8)16-19(17,18)11-4-2-1-3-10(11)15-13/h1-7,15H,13H2,(H,14,16). The van der Waals surface area contributed by atoms with E-state index in [0.717, 1.165) is 6.20 Å². The van der Waals surface area contributed by atoms with Crippen molar-refractivity contribution in [2.45, 2.75) is 4.90 Å². The Morgan fingerprint density at radius 2 is 1.89 bits per heavy atom. The fraction of sp³-hybridized carbons (Fsp3) is 0. The fourth-order valence-electron chi connectivity index (χ4n) is 1.48. The molecule has 4 N–H and O–H groups in total. The molecule has 2 aromatic rings. The number of anilines is 2. The summed E-state index contributed by atoms with van der Waals surface area (Å²) in [5, 5.41) is 0. The van der Waals surface area contributed by atoms with Gasteiger partial charge in [0.15, 0.2) is 5.82 Å². The molecule has 8 heteroatoms. The zero-order valence-electron chi connectivity index (χ0n) is 9.67. The highest BCUT2D eigenvalue weighted by molar-refractivity contribution is 7.92. The van der Waals surface area contributed by atoms with Crippen LogP contribution in [0, 0.1) is 5.82 Å². The molecular formula is C11H11FN4O2S. The molecule has 0 spiro atoms. The van der Waals surface area contributed by atoms with Crippen molar-refractivity contribution in [1.29, 1.82) is 0 Å². The fourth-order valence-corrected chi connectivity index (χ4v) is 2.72. The summed E-state index contributed by atoms with van der Waals surface area (Å²) in [5.41, 5.74) is 2.31. The lowest BCUT2D eigenvalue weighted by molar-refractivity contribution is 0.598. The van der Waals surface area contributed by atoms with Gasteiger partial charge in [-0.15, -0.1) is 0 Å². The van der Waals surface area contributed by atoms with Gasteiger partial charge in [0.1, 0.15) is 4.90 Å². The van der Waals surface area contributed by atoms with E-state index in [-0.39, 0.29) is 16.3 Å². The molecule has 0 fully saturated rings. The maximum atomic E-state index is 13.4. The van der Waals surface area contributed by atoms with Crippen molar-refractivity contribution in [2.24, 2.45) is 5.84 Å². The molecule has 6 nitrogen and oxygen atoms in total. The van der Waals surface area contributed by atoms with Crippen LogP contribution in [0.25, 0.3) is 0 Å². The first-order chi connectivity index (χ1) is 9.04. The minimum absolute atomic E-state index is 0.0753. The number of hydrogen-bond acceptors (Lipinski definition) is 5. The van der Waals surface area contributed by atoms with Crippen LogP contribution in [0.1, 0.15) is 0 Å². The van der Waals surface area contributed by atoms with Crippen molar-refractivity contribution < 1.29 is 12.8 Å². The number of aromatic nitrogens is 1. The Bertz CT molecular complexity index is 691. The number of rotatable bonds is 4. The first-order valence-corrected chi connectivity index (χ1v) is 6.71. The van der Waals surface area contributed by atoms with Gasteiger partial charge in [-0.05, 0) is 18.2 Å². The summed E-state index contributed by atoms with van der Waals surface area (Å²) in [6.45, 7) is 0. The second-order valence-electron chi connectivity index (χ2n) is 3.60. The van der Waals surface area contributed by atoms with E-state index in [1.165, 1.54) is 30.5 Å². The molecule has 19 heavy (non-hydrogen) atoms. The number of benzene rings is 1. The normalized spacial score (nSPS) is 11.1. The summed E-state index contributed by atoms with van der Waals surface area (Å²) in [4.78, 5) is 3.46. The summed E-state index contributed by atoms with van der Waals surface area (Å²) in [6.07, 6.45) is 2.21. The van der Waals surface area contributed by atoms with Gasteiger partial charge < -0.3 is 5.43 Å². The summed E-state index contributed by atoms with van der Waals surface area (Å²) < 4.78 is 39.8. The highest BCUT2D eigenvalue weighted by atomic mass is 32.2. The lowest BCUT2D eigenvalue weighted by Crippen LogP contribution is -2.18. The van der Waals surface area contributed by atoms with Crippen LogP contribution in [0.4, 0.5) is 15.8 Å². The predicted molar refractivity (Wildman–Crippen MR) is 69.3 cm³/mol. The first kappa shape index (κ1) is 13.2. The molecule has 0 aliphatic heterocycles. The third-order valence-electron chi connectivity index (χ3n) is 2.35. The Morgan fingerprint density at radius 3 is 2.58 bits per heavy atom. The lowest BCUT2D eigenvalue weighted by Gasteiger charge is -2.11. The highest BCUT2D eigenvalue weighted by Gasteiger charge is 2.19. The quantitative estimate of drug-likeness (QED) is 0.580. The number of nitrogen functional groups attached to an aromatic ring is 1. The summed E-state index contributed by atoms with van der Waals surface area (Å²) in [7, 11) is -3.94. The van der Waals surface area contributed by atoms with Crippen molar-refractivity contribution >= 4 is 21.4 Å². The summed E-state index contributed by atoms with van der Waals surface area (Å²) in [5.74, 6) is 4.48. The van der Waals surface area contributed by atoms with Gasteiger partial charge in [0, 0.05) is 6.20 Å². The molecule has 0 amide bonds. The number of sulfonamides is 1. The number of nitrogens with two attached hydrogens (primary N) is 1. The second kappa shape index (κ2) is 5.21. The molecule has 0 aliphatic carbocycles. The van der Waals surface area contributed by atoms with E-state index in [4.69, 9.17) is 5.84 Å². The van der Waals surface area contributed by atoms with Crippen molar-refractivity contribution in [3.63, 3.8) is 0 Å². The molecule has 0 saturated carbocycles. The Kier molecular flexibility index (Phi) is 3.63. The third-order valence-corrected chi connectivity index (χ3v) is 3.77. The maximum absolute atomic E-state index is 13.4. The molecule has 2 rings (SSSR count). The molecular weight excluding hydrogens is 271 g/mol. The van der Waals surface area contributed by atoms with Gasteiger partial charge in [0.25, 0.3) is 10.0 Å². The zero-order chi connectivity index (χ0) is 13.9. The monoisotopic (exact) mass is 282 g/mol. The molecule has 0 unspecified atom stereocenters. The van der Waals surface area contributed by atoms with E-state index < -0.39 is 15.8 Å². The summed E-state index contributed by atoms with van der Waals surface area (Å²) >= 11 is 0. The number of nitrogens with zero attached hydrogens (tertiary/aromatic N) is 1. The minimum atomic E-state index is -3.94. The average molecular weight is 282 g/mol. The molecule has 0 atom stereocenters. The van der Waals surface area contributed by atoms with Crippen molar-refractivity contribution in [3.8, 4) is 0 Å². The highest BCUT2D eigenvalue weighted by Crippen LogP contribution is 2.23. The molecule has 0 bridgehead atoms. The van der Waals surface area contributed by atoms with E-state index in [9.17, 15) is 12.8 Å². The SMILES string of the molecule is NNc1ccccc1S(=O)(=O)Nc1ccncc1F. The van der Waals surface area contributed by atoms with Gasteiger partial charge in [0.05, 0.1) is 17.6 Å². The van der Waals surface area contributed by atoms with Crippen LogP contribution in [0.15, 0.2) is 47.6 Å². The number of para-hydroxylation sites is 1. The molecule has 1 aromatic heterocycles. The van der Waals surface area contributed by atoms with Crippen LogP contribution < -0.4 is 16.0 Å². The average Bonchev–Trinajstić information content (AvgIpc) is 2.41. The lowest BCUT2D eigenvalue weighted by atomic mass is 10.3. The Hall–Kier alpha value is -2.19. The molecule has 100 valence electrons. The van der Waals surface area contributed by atoms with Crippen LogP contribution in [0.2, 0.25) is 0 Å². The van der Waals surface area contributed by atoms with Gasteiger partial charge >= 0.3 is 0 Å². The van der Waals surface area contributed by atoms with Crippen molar-refractivity contribution in [1.82, 2.24) is 4.98 Å². The molecule has 0 radical (unpaired) electrons. The van der Waals surface area contributed by atoms with Crippen LogP contribution in [-0.2, 0) is 10.0 Å². The van der Waals surface area contributed by atoms with Crippen LogP contribution in [-0.4, -0.2) is 13.4 Å². The Morgan fingerprint density at radius 1 is 1.16 bits per heavy atom. The largest absolute Gasteiger partial charge is 0.323 e. The van der Waals surface area contributed by atoms with E-state index in [1.807, 2.05) is 0 Å². The molecule has 0 aliphatic rings. The van der Waals surface area contributed by atoms with Gasteiger partial charge in [-0.1, -0.05) is 12.1 Å². The van der Waals surface area contributed by atoms with Crippen molar-refractivity contribution in [2.75, 3.05) is 10.1 Å². The van der Waals surface area contributed by atoms with E-state index in [1.54, 1.807) is 6.07 Å². The molecule has 1 heterocycles. The third kappa shape index (κ3) is 2.80. The predicted octanol–water partition coefficient (Wildman–Crippen LogP) is 1.31. The number of hydrogen-bond donors (Lipinski definition) is 3. The number of nitrogens with one attached hydrogen (secondary N) is 2. The van der Waals surface area contributed by atoms with Crippen LogP contribution in [0.5, 0.6) is 0 Å². The smallest absolute Gasteiger partial charge is 0.264 e. The van der Waals surface area contributed by atoms with Gasteiger partial charge in [0.2, 0.25) is 0 Å². The number of halogens is 1. The van der Waals surface area contributed by atoms with Crippen molar-refractivity contribution in [3.05, 3.63) is 48.5 Å². The first-order valence-electron chi connectivity index (χ1n) is 5.22. The van der Waals surface area contributed by atoms with Crippen LogP contribution in [0.3, 0.4) is 0 Å². The molecule has 0 saturated heterocycles. The van der Waals surface area contributed by atoms with E-state index >= 15 is 0 Å². The number of hydrazine groups is 1.